The summed E-state index contributed by atoms with van der Waals surface area (Å²) < 4.78 is 2.11. The molecule has 0 radical (unpaired) electrons. The number of aromatic nitrogens is 2. The Morgan fingerprint density at radius 2 is 2.05 bits per heavy atom. The van der Waals surface area contributed by atoms with Crippen LogP contribution in [0.3, 0.4) is 0 Å². The highest BCUT2D eigenvalue weighted by atomic mass is 32.1. The second-order valence-electron chi connectivity index (χ2n) is 6.30. The summed E-state index contributed by atoms with van der Waals surface area (Å²) in [6.45, 7) is 2.25. The van der Waals surface area contributed by atoms with Crippen LogP contribution in [0.4, 0.5) is 0 Å². The minimum Gasteiger partial charge on any atom is -0.387 e. The number of nitrogens with zero attached hydrogens (tertiary/aromatic N) is 2. The van der Waals surface area contributed by atoms with E-state index in [0.717, 1.165) is 18.5 Å². The van der Waals surface area contributed by atoms with Crippen molar-refractivity contribution in [2.24, 2.45) is 0 Å². The van der Waals surface area contributed by atoms with Crippen molar-refractivity contribution in [2.45, 2.75) is 76.7 Å². The first-order valence-electron chi connectivity index (χ1n) is 8.44. The van der Waals surface area contributed by atoms with E-state index < -0.39 is 0 Å². The van der Waals surface area contributed by atoms with Crippen LogP contribution in [0.5, 0.6) is 0 Å². The van der Waals surface area contributed by atoms with Crippen LogP contribution in [0.25, 0.3) is 4.83 Å². The van der Waals surface area contributed by atoms with Gasteiger partial charge in [0.1, 0.15) is 11.2 Å². The Balaban J connectivity index is 1.59. The number of hydrogen-bond donors (Lipinski definition) is 1. The summed E-state index contributed by atoms with van der Waals surface area (Å²) in [6.07, 6.45) is 14.6. The fraction of sp³-hybridized carbons (Fsp3) is 0.706. The molecular weight excluding hydrogens is 280 g/mol. The second kappa shape index (κ2) is 6.93. The first-order valence-corrected chi connectivity index (χ1v) is 9.25. The lowest BCUT2D eigenvalue weighted by molar-refractivity contribution is 0.157. The van der Waals surface area contributed by atoms with Gasteiger partial charge in [-0.3, -0.25) is 4.40 Å². The predicted molar refractivity (Wildman–Crippen MR) is 88.0 cm³/mol. The van der Waals surface area contributed by atoms with Gasteiger partial charge in [-0.2, -0.15) is 0 Å². The number of aliphatic hydroxyl groups excluding tert-OH is 1. The van der Waals surface area contributed by atoms with Gasteiger partial charge < -0.3 is 5.11 Å². The molecule has 116 valence electrons. The van der Waals surface area contributed by atoms with Crippen molar-refractivity contribution in [3.05, 3.63) is 23.1 Å². The fourth-order valence-electron chi connectivity index (χ4n) is 3.04. The molecule has 1 unspecified atom stereocenters. The third kappa shape index (κ3) is 3.49. The Labute approximate surface area is 131 Å². The molecule has 0 amide bonds. The molecule has 1 atom stereocenters. The lowest BCUT2D eigenvalue weighted by Crippen LogP contribution is -2.04. The molecule has 1 N–H and O–H groups in total. The van der Waals surface area contributed by atoms with Gasteiger partial charge in [0.2, 0.25) is 0 Å². The monoisotopic (exact) mass is 306 g/mol. The van der Waals surface area contributed by atoms with Crippen molar-refractivity contribution in [2.75, 3.05) is 0 Å². The average molecular weight is 306 g/mol. The van der Waals surface area contributed by atoms with Crippen LogP contribution >= 0.6 is 11.3 Å². The molecule has 4 heteroatoms. The molecule has 0 bridgehead atoms. The molecule has 21 heavy (non-hydrogen) atoms. The minimum absolute atomic E-state index is 0.324. The van der Waals surface area contributed by atoms with Gasteiger partial charge in [0.25, 0.3) is 0 Å². The highest BCUT2D eigenvalue weighted by Gasteiger charge is 2.31. The summed E-state index contributed by atoms with van der Waals surface area (Å²) in [6, 6.07) is 0. The summed E-state index contributed by atoms with van der Waals surface area (Å²) in [5.41, 5.74) is 1.13. The molecule has 1 fully saturated rings. The maximum absolute atomic E-state index is 10.6. The number of thiazole rings is 1. The second-order valence-corrected chi connectivity index (χ2v) is 7.36. The van der Waals surface area contributed by atoms with Crippen molar-refractivity contribution in [3.8, 4) is 0 Å². The van der Waals surface area contributed by atoms with Crippen LogP contribution in [0.2, 0.25) is 0 Å². The maximum atomic E-state index is 10.6. The molecule has 0 aliphatic heterocycles. The van der Waals surface area contributed by atoms with Gasteiger partial charge in [-0.15, -0.1) is 11.3 Å². The summed E-state index contributed by atoms with van der Waals surface area (Å²) in [4.78, 5) is 6.80. The molecule has 2 heterocycles. The van der Waals surface area contributed by atoms with Crippen molar-refractivity contribution in [1.82, 2.24) is 9.38 Å². The Kier molecular flexibility index (Phi) is 4.96. The minimum atomic E-state index is -0.324. The van der Waals surface area contributed by atoms with Gasteiger partial charge in [0.15, 0.2) is 0 Å². The zero-order valence-corrected chi connectivity index (χ0v) is 13.7. The molecule has 3 rings (SSSR count). The third-order valence-corrected chi connectivity index (χ3v) is 5.70. The normalized spacial score (nSPS) is 16.7. The molecule has 0 saturated heterocycles. The Bertz CT molecular complexity index is 570. The highest BCUT2D eigenvalue weighted by molar-refractivity contribution is 7.17. The summed E-state index contributed by atoms with van der Waals surface area (Å²) in [5.74, 6) is 0.698. The van der Waals surface area contributed by atoms with Crippen molar-refractivity contribution >= 4 is 16.2 Å². The summed E-state index contributed by atoms with van der Waals surface area (Å²) in [5, 5.41) is 10.6. The van der Waals surface area contributed by atoms with E-state index in [-0.39, 0.29) is 6.10 Å². The fourth-order valence-corrected chi connectivity index (χ4v) is 4.36. The number of rotatable bonds is 9. The number of hydrogen-bond acceptors (Lipinski definition) is 3. The Morgan fingerprint density at radius 3 is 2.81 bits per heavy atom. The Hall–Kier alpha value is -0.870. The van der Waals surface area contributed by atoms with E-state index in [2.05, 4.69) is 16.3 Å². The lowest BCUT2D eigenvalue weighted by atomic mass is 10.0. The van der Waals surface area contributed by atoms with Gasteiger partial charge >= 0.3 is 0 Å². The lowest BCUT2D eigenvalue weighted by Gasteiger charge is -2.12. The smallest absolute Gasteiger partial charge is 0.120 e. The molecule has 0 spiro atoms. The molecule has 0 aromatic carbocycles. The maximum Gasteiger partial charge on any atom is 0.120 e. The van der Waals surface area contributed by atoms with Gasteiger partial charge in [0, 0.05) is 4.88 Å². The highest BCUT2D eigenvalue weighted by Crippen LogP contribution is 2.47. The number of fused-ring (bicyclic) bond motifs is 1. The summed E-state index contributed by atoms with van der Waals surface area (Å²) in [7, 11) is 0. The van der Waals surface area contributed by atoms with Gasteiger partial charge in [-0.25, -0.2) is 4.98 Å². The van der Waals surface area contributed by atoms with E-state index in [1.165, 1.54) is 54.7 Å². The van der Waals surface area contributed by atoms with Gasteiger partial charge in [0.05, 0.1) is 18.0 Å². The summed E-state index contributed by atoms with van der Waals surface area (Å²) >= 11 is 1.82. The van der Waals surface area contributed by atoms with E-state index in [9.17, 15) is 5.11 Å². The molecule has 1 aliphatic carbocycles. The quantitative estimate of drug-likeness (QED) is 0.658. The molecule has 1 saturated carbocycles. The first-order chi connectivity index (χ1) is 10.3. The molecule has 2 aromatic heterocycles. The van der Waals surface area contributed by atoms with E-state index in [4.69, 9.17) is 0 Å². The largest absolute Gasteiger partial charge is 0.387 e. The van der Waals surface area contributed by atoms with Gasteiger partial charge in [-0.1, -0.05) is 45.4 Å². The van der Waals surface area contributed by atoms with Crippen LogP contribution in [-0.2, 0) is 0 Å². The molecule has 2 aromatic rings. The SMILES string of the molecule is CCCCCCCCC(O)c1c(C2CC2)sc2cncn12. The number of unbranched alkanes of at least 4 members (excludes halogenated alkanes) is 5. The van der Waals surface area contributed by atoms with E-state index in [0.29, 0.717) is 5.92 Å². The first kappa shape index (κ1) is 15.0. The van der Waals surface area contributed by atoms with Crippen molar-refractivity contribution in [1.29, 1.82) is 0 Å². The number of imidazole rings is 1. The van der Waals surface area contributed by atoms with Crippen LogP contribution in [0.15, 0.2) is 12.5 Å². The van der Waals surface area contributed by atoms with Crippen molar-refractivity contribution in [3.63, 3.8) is 0 Å². The van der Waals surface area contributed by atoms with Crippen LogP contribution in [-0.4, -0.2) is 14.5 Å². The predicted octanol–water partition coefficient (Wildman–Crippen LogP) is 5.06. The standard InChI is InChI=1S/C17H26N2OS/c1-2-3-4-5-6-7-8-14(20)16-17(13-9-10-13)21-15-11-18-12-19(15)16/h11-14,20H,2-10H2,1H3. The third-order valence-electron chi connectivity index (χ3n) is 4.43. The van der Waals surface area contributed by atoms with Crippen LogP contribution < -0.4 is 0 Å². The topological polar surface area (TPSA) is 37.5 Å². The zero-order valence-electron chi connectivity index (χ0n) is 12.9. The molecular formula is C17H26N2OS. The average Bonchev–Trinajstić information content (AvgIpc) is 3.11. The zero-order chi connectivity index (χ0) is 14.7. The Morgan fingerprint density at radius 1 is 1.29 bits per heavy atom. The van der Waals surface area contributed by atoms with Crippen LogP contribution in [0, 0.1) is 0 Å². The van der Waals surface area contributed by atoms with Crippen molar-refractivity contribution < 1.29 is 5.11 Å². The molecule has 3 nitrogen and oxygen atoms in total. The van der Waals surface area contributed by atoms with E-state index in [1.807, 2.05) is 23.9 Å². The van der Waals surface area contributed by atoms with Crippen LogP contribution in [0.1, 0.15) is 87.3 Å². The molecule has 1 aliphatic rings. The van der Waals surface area contributed by atoms with E-state index in [1.54, 1.807) is 0 Å². The van der Waals surface area contributed by atoms with Gasteiger partial charge in [-0.05, 0) is 25.2 Å². The number of aliphatic hydroxyl groups is 1. The van der Waals surface area contributed by atoms with E-state index >= 15 is 0 Å².